The molecule has 1 aromatic carbocycles. The summed E-state index contributed by atoms with van der Waals surface area (Å²) < 4.78 is 11.6. The van der Waals surface area contributed by atoms with E-state index in [1.165, 1.54) is 7.11 Å². The van der Waals surface area contributed by atoms with Gasteiger partial charge >= 0.3 is 0 Å². The Morgan fingerprint density at radius 3 is 3.00 bits per heavy atom. The SMILES string of the molecule is COc1cc(Br)ccc1C(=O)N1CC(CO)OCC1C. The van der Waals surface area contributed by atoms with E-state index >= 15 is 0 Å². The van der Waals surface area contributed by atoms with Crippen LogP contribution in [0.2, 0.25) is 0 Å². The highest BCUT2D eigenvalue weighted by molar-refractivity contribution is 9.10. The van der Waals surface area contributed by atoms with Crippen LogP contribution in [0.15, 0.2) is 22.7 Å². The molecule has 1 heterocycles. The molecule has 2 rings (SSSR count). The lowest BCUT2D eigenvalue weighted by Crippen LogP contribution is -2.52. The van der Waals surface area contributed by atoms with Crippen LogP contribution in [0.4, 0.5) is 0 Å². The molecule has 0 saturated carbocycles. The Bertz CT molecular complexity index is 494. The maximum Gasteiger partial charge on any atom is 0.258 e. The molecule has 5 nitrogen and oxygen atoms in total. The van der Waals surface area contributed by atoms with E-state index in [4.69, 9.17) is 9.47 Å². The molecule has 1 amide bonds. The van der Waals surface area contributed by atoms with Gasteiger partial charge in [0.1, 0.15) is 5.75 Å². The summed E-state index contributed by atoms with van der Waals surface area (Å²) >= 11 is 3.36. The van der Waals surface area contributed by atoms with E-state index < -0.39 is 0 Å². The standard InChI is InChI=1S/C14H18BrNO4/c1-9-8-20-11(7-17)6-16(9)14(18)12-4-3-10(15)5-13(12)19-2/h3-5,9,11,17H,6-8H2,1-2H3. The van der Waals surface area contributed by atoms with Crippen LogP contribution in [-0.2, 0) is 4.74 Å². The third-order valence-electron chi connectivity index (χ3n) is 3.36. The smallest absolute Gasteiger partial charge is 0.258 e. The molecule has 0 radical (unpaired) electrons. The van der Waals surface area contributed by atoms with Gasteiger partial charge in [-0.3, -0.25) is 4.79 Å². The van der Waals surface area contributed by atoms with Crippen LogP contribution < -0.4 is 4.74 Å². The number of aliphatic hydroxyl groups excluding tert-OH is 1. The Hall–Kier alpha value is -1.11. The van der Waals surface area contributed by atoms with Gasteiger partial charge in [0.25, 0.3) is 5.91 Å². The van der Waals surface area contributed by atoms with Gasteiger partial charge in [0.2, 0.25) is 0 Å². The number of amides is 1. The highest BCUT2D eigenvalue weighted by Crippen LogP contribution is 2.26. The topological polar surface area (TPSA) is 59.0 Å². The number of carbonyl (C=O) groups excluding carboxylic acids is 1. The molecule has 2 atom stereocenters. The van der Waals surface area contributed by atoms with Crippen molar-refractivity contribution >= 4 is 21.8 Å². The number of rotatable bonds is 3. The quantitative estimate of drug-likeness (QED) is 0.907. The molecule has 1 fully saturated rings. The Balaban J connectivity index is 2.25. The molecular weight excluding hydrogens is 326 g/mol. The summed E-state index contributed by atoms with van der Waals surface area (Å²) in [6.07, 6.45) is -0.323. The fourth-order valence-corrected chi connectivity index (χ4v) is 2.55. The minimum Gasteiger partial charge on any atom is -0.496 e. The second kappa shape index (κ2) is 6.56. The van der Waals surface area contributed by atoms with E-state index in [0.717, 1.165) is 4.47 Å². The first-order valence-corrected chi connectivity index (χ1v) is 7.23. The largest absolute Gasteiger partial charge is 0.496 e. The molecule has 1 aromatic rings. The molecule has 0 spiro atoms. The lowest BCUT2D eigenvalue weighted by atomic mass is 10.1. The number of nitrogens with zero attached hydrogens (tertiary/aromatic N) is 1. The molecule has 20 heavy (non-hydrogen) atoms. The average molecular weight is 344 g/mol. The highest BCUT2D eigenvalue weighted by Gasteiger charge is 2.31. The Morgan fingerprint density at radius 2 is 2.35 bits per heavy atom. The van der Waals surface area contributed by atoms with Crippen LogP contribution >= 0.6 is 15.9 Å². The Kier molecular flexibility index (Phi) is 5.01. The zero-order valence-electron chi connectivity index (χ0n) is 11.5. The van der Waals surface area contributed by atoms with Gasteiger partial charge in [-0.25, -0.2) is 0 Å². The van der Waals surface area contributed by atoms with Gasteiger partial charge in [0.15, 0.2) is 0 Å². The second-order valence-electron chi connectivity index (χ2n) is 4.79. The third-order valence-corrected chi connectivity index (χ3v) is 3.86. The monoisotopic (exact) mass is 343 g/mol. The number of hydrogen-bond acceptors (Lipinski definition) is 4. The zero-order chi connectivity index (χ0) is 14.7. The summed E-state index contributed by atoms with van der Waals surface area (Å²) in [7, 11) is 1.54. The lowest BCUT2D eigenvalue weighted by molar-refractivity contribution is -0.0667. The number of methoxy groups -OCH3 is 1. The molecule has 0 aliphatic carbocycles. The van der Waals surface area contributed by atoms with Crippen LogP contribution in [0.25, 0.3) is 0 Å². The van der Waals surface area contributed by atoms with Gasteiger partial charge in [-0.15, -0.1) is 0 Å². The summed E-state index contributed by atoms with van der Waals surface area (Å²) in [6, 6.07) is 5.28. The Morgan fingerprint density at radius 1 is 1.60 bits per heavy atom. The fraction of sp³-hybridized carbons (Fsp3) is 0.500. The van der Waals surface area contributed by atoms with E-state index in [-0.39, 0.29) is 24.7 Å². The van der Waals surface area contributed by atoms with Gasteiger partial charge < -0.3 is 19.5 Å². The molecule has 110 valence electrons. The van der Waals surface area contributed by atoms with Crippen molar-refractivity contribution in [2.75, 3.05) is 26.9 Å². The summed E-state index contributed by atoms with van der Waals surface area (Å²) in [6.45, 7) is 2.65. The molecule has 0 aromatic heterocycles. The number of morpholine rings is 1. The van der Waals surface area contributed by atoms with Crippen molar-refractivity contribution in [1.82, 2.24) is 4.90 Å². The van der Waals surface area contributed by atoms with Crippen molar-refractivity contribution in [3.05, 3.63) is 28.2 Å². The van der Waals surface area contributed by atoms with E-state index in [0.29, 0.717) is 24.5 Å². The molecule has 1 N–H and O–H groups in total. The molecule has 2 unspecified atom stereocenters. The van der Waals surface area contributed by atoms with Crippen LogP contribution in [0.1, 0.15) is 17.3 Å². The van der Waals surface area contributed by atoms with Gasteiger partial charge in [0.05, 0.1) is 38.0 Å². The summed E-state index contributed by atoms with van der Waals surface area (Å²) in [4.78, 5) is 14.4. The summed E-state index contributed by atoms with van der Waals surface area (Å²) in [5.74, 6) is 0.423. The summed E-state index contributed by atoms with van der Waals surface area (Å²) in [5, 5.41) is 9.19. The van der Waals surface area contributed by atoms with Crippen molar-refractivity contribution in [2.24, 2.45) is 0 Å². The van der Waals surface area contributed by atoms with E-state index in [1.807, 2.05) is 13.0 Å². The number of hydrogen-bond donors (Lipinski definition) is 1. The predicted molar refractivity (Wildman–Crippen MR) is 78.0 cm³/mol. The number of carbonyl (C=O) groups is 1. The van der Waals surface area contributed by atoms with Crippen molar-refractivity contribution in [2.45, 2.75) is 19.1 Å². The minimum absolute atomic E-state index is 0.0290. The molecule has 0 bridgehead atoms. The van der Waals surface area contributed by atoms with Gasteiger partial charge in [0, 0.05) is 11.0 Å². The molecule has 1 aliphatic heterocycles. The average Bonchev–Trinajstić information content (AvgIpc) is 2.47. The number of halogens is 1. The first-order valence-electron chi connectivity index (χ1n) is 6.43. The lowest BCUT2D eigenvalue weighted by Gasteiger charge is -2.37. The second-order valence-corrected chi connectivity index (χ2v) is 5.70. The first-order chi connectivity index (χ1) is 9.56. The molecular formula is C14H18BrNO4. The van der Waals surface area contributed by atoms with Gasteiger partial charge in [-0.2, -0.15) is 0 Å². The summed E-state index contributed by atoms with van der Waals surface area (Å²) in [5.41, 5.74) is 0.515. The molecule has 6 heteroatoms. The zero-order valence-corrected chi connectivity index (χ0v) is 13.1. The fourth-order valence-electron chi connectivity index (χ4n) is 2.21. The van der Waals surface area contributed by atoms with Crippen LogP contribution in [0.5, 0.6) is 5.75 Å². The third kappa shape index (κ3) is 3.13. The van der Waals surface area contributed by atoms with Gasteiger partial charge in [-0.05, 0) is 25.1 Å². The molecule has 1 aliphatic rings. The van der Waals surface area contributed by atoms with Crippen LogP contribution in [-0.4, -0.2) is 54.9 Å². The van der Waals surface area contributed by atoms with E-state index in [1.54, 1.807) is 17.0 Å². The highest BCUT2D eigenvalue weighted by atomic mass is 79.9. The first kappa shape index (κ1) is 15.3. The normalized spacial score (nSPS) is 22.7. The predicted octanol–water partition coefficient (Wildman–Crippen LogP) is 1.68. The van der Waals surface area contributed by atoms with E-state index in [2.05, 4.69) is 15.9 Å². The van der Waals surface area contributed by atoms with Crippen molar-refractivity contribution in [3.8, 4) is 5.75 Å². The maximum absolute atomic E-state index is 12.7. The van der Waals surface area contributed by atoms with Crippen molar-refractivity contribution < 1.29 is 19.4 Å². The molecule has 1 saturated heterocycles. The number of benzene rings is 1. The maximum atomic E-state index is 12.7. The van der Waals surface area contributed by atoms with Crippen molar-refractivity contribution in [1.29, 1.82) is 0 Å². The van der Waals surface area contributed by atoms with Crippen molar-refractivity contribution in [3.63, 3.8) is 0 Å². The Labute approximate surface area is 126 Å². The number of aliphatic hydroxyl groups is 1. The van der Waals surface area contributed by atoms with E-state index in [9.17, 15) is 9.90 Å². The van der Waals surface area contributed by atoms with Crippen LogP contribution in [0.3, 0.4) is 0 Å². The minimum atomic E-state index is -0.323. The number of ether oxygens (including phenoxy) is 2. The van der Waals surface area contributed by atoms with Crippen LogP contribution in [0, 0.1) is 0 Å². The van der Waals surface area contributed by atoms with Gasteiger partial charge in [-0.1, -0.05) is 15.9 Å².